The maximum absolute atomic E-state index is 14.9. The summed E-state index contributed by atoms with van der Waals surface area (Å²) < 4.78 is 92.6. The normalized spacial score (nSPS) is 14.1. The van der Waals surface area contributed by atoms with Gasteiger partial charge in [0.2, 0.25) is 15.9 Å². The molecule has 4 aromatic rings. The van der Waals surface area contributed by atoms with E-state index in [0.29, 0.717) is 22.5 Å². The van der Waals surface area contributed by atoms with Gasteiger partial charge in [0.25, 0.3) is 0 Å². The number of thiophene rings is 1. The summed E-state index contributed by atoms with van der Waals surface area (Å²) in [7, 11) is -3.47. The molecule has 16 heteroatoms. The van der Waals surface area contributed by atoms with Crippen LogP contribution in [-0.2, 0) is 19.6 Å². The Balaban J connectivity index is 1.75. The lowest BCUT2D eigenvalue weighted by Gasteiger charge is -2.32. The van der Waals surface area contributed by atoms with Crippen LogP contribution in [0.1, 0.15) is 66.1 Å². The predicted molar refractivity (Wildman–Crippen MR) is 194 cm³/mol. The van der Waals surface area contributed by atoms with Crippen LogP contribution in [0.2, 0.25) is 0 Å². The van der Waals surface area contributed by atoms with Crippen molar-refractivity contribution in [3.63, 3.8) is 0 Å². The van der Waals surface area contributed by atoms with E-state index in [2.05, 4.69) is 10.6 Å². The lowest BCUT2D eigenvalue weighted by atomic mass is 9.84. The number of alkyl carbamates (subject to hydrolysis) is 1. The summed E-state index contributed by atoms with van der Waals surface area (Å²) in [5.41, 5.74) is 5.93. The molecule has 0 aliphatic carbocycles. The fourth-order valence-corrected chi connectivity index (χ4v) is 8.52. The van der Waals surface area contributed by atoms with Gasteiger partial charge in [0.15, 0.2) is 6.04 Å². The molecule has 10 nitrogen and oxygen atoms in total. The van der Waals surface area contributed by atoms with Crippen LogP contribution in [0, 0.1) is 11.2 Å². The molecule has 0 unspecified atom stereocenters. The van der Waals surface area contributed by atoms with Gasteiger partial charge in [-0.1, -0.05) is 81.4 Å². The number of hydrogen-bond donors (Lipinski definition) is 4. The molecule has 3 aromatic carbocycles. The molecule has 0 fully saturated rings. The highest BCUT2D eigenvalue weighted by molar-refractivity contribution is 7.89. The standard InChI is InChI=1S/C37H42F4N4O6S2/c1-36(2,3)19-20-45(53(49,50)25-15-16-27(42)26(38)21-25)28(22-46)29-17-18-30(52-29)33(37(39,40)41)44-34(47)32(43-35(48)51-4)31(23-11-7-5-8-12-23)24-13-9-6-10-14-24/h5-18,21,28,31-33,46H,19-20,22,42H2,1-4H3,(H,43,48)(H,44,47)/t28-,32+,33-/m1/s1. The number of ether oxygens (including phenoxy) is 1. The van der Waals surface area contributed by atoms with Crippen molar-refractivity contribution in [3.8, 4) is 0 Å². The number of aliphatic hydroxyl groups excluding tert-OH is 1. The molecule has 0 aliphatic rings. The first kappa shape index (κ1) is 41.2. The fraction of sp³-hybridized carbons (Fsp3) is 0.351. The molecule has 5 N–H and O–H groups in total. The third kappa shape index (κ3) is 10.3. The molecule has 0 saturated carbocycles. The number of nitrogens with one attached hydrogen (secondary N) is 2. The summed E-state index contributed by atoms with van der Waals surface area (Å²) in [4.78, 5) is 25.7. The number of halogens is 4. The molecule has 3 atom stereocenters. The first-order valence-corrected chi connectivity index (χ1v) is 18.7. The summed E-state index contributed by atoms with van der Waals surface area (Å²) in [6.45, 7) is 4.58. The Morgan fingerprint density at radius 1 is 0.906 bits per heavy atom. The number of nitrogens with zero attached hydrogens (tertiary/aromatic N) is 1. The van der Waals surface area contributed by atoms with E-state index in [1.54, 1.807) is 60.7 Å². The van der Waals surface area contributed by atoms with Crippen molar-refractivity contribution in [1.29, 1.82) is 0 Å². The summed E-state index contributed by atoms with van der Waals surface area (Å²) >= 11 is 0.545. The number of anilines is 1. The van der Waals surface area contributed by atoms with Crippen molar-refractivity contribution < 1.29 is 45.4 Å². The van der Waals surface area contributed by atoms with E-state index < -0.39 is 79.9 Å². The van der Waals surface area contributed by atoms with E-state index in [1.807, 2.05) is 20.8 Å². The molecule has 4 rings (SSSR count). The summed E-state index contributed by atoms with van der Waals surface area (Å²) in [6.07, 6.45) is -5.83. The zero-order chi connectivity index (χ0) is 39.1. The molecular formula is C37H42F4N4O6S2. The van der Waals surface area contributed by atoms with Crippen LogP contribution in [0.3, 0.4) is 0 Å². The number of amides is 2. The molecule has 0 saturated heterocycles. The van der Waals surface area contributed by atoms with Gasteiger partial charge in [-0.2, -0.15) is 17.5 Å². The molecular weight excluding hydrogens is 737 g/mol. The predicted octanol–water partition coefficient (Wildman–Crippen LogP) is 6.91. The van der Waals surface area contributed by atoms with Gasteiger partial charge in [0.1, 0.15) is 11.9 Å². The van der Waals surface area contributed by atoms with Crippen LogP contribution in [0.25, 0.3) is 0 Å². The van der Waals surface area contributed by atoms with Crippen molar-refractivity contribution >= 4 is 39.0 Å². The van der Waals surface area contributed by atoms with Crippen LogP contribution in [0.5, 0.6) is 0 Å². The Bertz CT molecular complexity index is 1920. The van der Waals surface area contributed by atoms with Gasteiger partial charge in [-0.05, 0) is 53.3 Å². The molecule has 0 aliphatic heterocycles. The van der Waals surface area contributed by atoms with Gasteiger partial charge in [-0.25, -0.2) is 17.6 Å². The van der Waals surface area contributed by atoms with Gasteiger partial charge in [0, 0.05) is 22.2 Å². The van der Waals surface area contributed by atoms with Gasteiger partial charge in [0.05, 0.1) is 30.3 Å². The summed E-state index contributed by atoms with van der Waals surface area (Å²) in [5, 5.41) is 15.0. The SMILES string of the molecule is COC(=O)N[C@H](C(=O)N[C@H](c1ccc([C@@H](CO)N(CCC(C)(C)C)S(=O)(=O)c2ccc(N)c(F)c2)s1)C(F)(F)F)C(c1ccccc1)c1ccccc1. The second-order valence-corrected chi connectivity index (χ2v) is 16.5. The van der Waals surface area contributed by atoms with Gasteiger partial charge >= 0.3 is 12.3 Å². The largest absolute Gasteiger partial charge is 0.453 e. The number of hydrogen-bond acceptors (Lipinski definition) is 8. The quantitative estimate of drug-likeness (QED) is 0.0803. The number of nitrogens with two attached hydrogens (primary N) is 1. The Kier molecular flexibility index (Phi) is 13.3. The minimum atomic E-state index is -5.06. The second-order valence-electron chi connectivity index (χ2n) is 13.4. The van der Waals surface area contributed by atoms with E-state index in [9.17, 15) is 40.7 Å². The van der Waals surface area contributed by atoms with E-state index in [0.717, 1.165) is 35.7 Å². The second kappa shape index (κ2) is 17.1. The van der Waals surface area contributed by atoms with Gasteiger partial charge in [-0.15, -0.1) is 11.3 Å². The van der Waals surface area contributed by atoms with Crippen molar-refractivity contribution in [2.45, 2.75) is 62.3 Å². The molecule has 1 aromatic heterocycles. The molecule has 286 valence electrons. The van der Waals surface area contributed by atoms with E-state index >= 15 is 0 Å². The Morgan fingerprint density at radius 3 is 1.96 bits per heavy atom. The fourth-order valence-electron chi connectivity index (χ4n) is 5.65. The lowest BCUT2D eigenvalue weighted by molar-refractivity contribution is -0.163. The highest BCUT2D eigenvalue weighted by Crippen LogP contribution is 2.41. The maximum Gasteiger partial charge on any atom is 0.413 e. The maximum atomic E-state index is 14.9. The number of carbonyl (C=O) groups is 2. The average Bonchev–Trinajstić information content (AvgIpc) is 3.58. The summed E-state index contributed by atoms with van der Waals surface area (Å²) in [6, 6.07) is 16.6. The minimum Gasteiger partial charge on any atom is -0.453 e. The number of carbonyl (C=O) groups excluding carboxylic acids is 2. The van der Waals surface area contributed by atoms with Crippen LogP contribution in [0.4, 0.5) is 28.0 Å². The first-order valence-electron chi connectivity index (χ1n) is 16.5. The van der Waals surface area contributed by atoms with Gasteiger partial charge in [-0.3, -0.25) is 4.79 Å². The third-order valence-electron chi connectivity index (χ3n) is 8.45. The summed E-state index contributed by atoms with van der Waals surface area (Å²) in [5.74, 6) is -3.10. The number of alkyl halides is 3. The monoisotopic (exact) mass is 778 g/mol. The molecule has 2 amide bonds. The van der Waals surface area contributed by atoms with E-state index in [4.69, 9.17) is 10.5 Å². The number of benzene rings is 3. The Hall–Kier alpha value is -4.51. The van der Waals surface area contributed by atoms with Crippen molar-refractivity contribution in [3.05, 3.63) is 118 Å². The highest BCUT2D eigenvalue weighted by atomic mass is 32.2. The Morgan fingerprint density at radius 2 is 1.47 bits per heavy atom. The number of rotatable bonds is 14. The average molecular weight is 779 g/mol. The number of aliphatic hydroxyl groups is 1. The molecule has 1 heterocycles. The topological polar surface area (TPSA) is 151 Å². The zero-order valence-corrected chi connectivity index (χ0v) is 31.1. The van der Waals surface area contributed by atoms with Crippen molar-refractivity contribution in [2.24, 2.45) is 5.41 Å². The van der Waals surface area contributed by atoms with Crippen LogP contribution in [-0.4, -0.2) is 62.3 Å². The lowest BCUT2D eigenvalue weighted by Crippen LogP contribution is -2.52. The van der Waals surface area contributed by atoms with Crippen LogP contribution in [0.15, 0.2) is 95.9 Å². The van der Waals surface area contributed by atoms with E-state index in [-0.39, 0.29) is 23.5 Å². The smallest absolute Gasteiger partial charge is 0.413 e. The van der Waals surface area contributed by atoms with E-state index in [1.165, 1.54) is 6.07 Å². The van der Waals surface area contributed by atoms with Crippen LogP contribution < -0.4 is 16.4 Å². The molecule has 53 heavy (non-hydrogen) atoms. The number of nitrogen functional groups attached to an aromatic ring is 1. The molecule has 0 spiro atoms. The number of methoxy groups -OCH3 is 1. The molecule has 0 bridgehead atoms. The number of sulfonamides is 1. The van der Waals surface area contributed by atoms with Crippen molar-refractivity contribution in [1.82, 2.24) is 14.9 Å². The molecule has 0 radical (unpaired) electrons. The van der Waals surface area contributed by atoms with Crippen molar-refractivity contribution in [2.75, 3.05) is 26.0 Å². The zero-order valence-electron chi connectivity index (χ0n) is 29.4. The minimum absolute atomic E-state index is 0.0371. The van der Waals surface area contributed by atoms with Gasteiger partial charge < -0.3 is 26.2 Å². The Labute approximate surface area is 310 Å². The first-order chi connectivity index (χ1) is 24.9. The van der Waals surface area contributed by atoms with Crippen LogP contribution >= 0.6 is 11.3 Å². The third-order valence-corrected chi connectivity index (χ3v) is 11.6. The highest BCUT2D eigenvalue weighted by Gasteiger charge is 2.46.